The molecule has 1 heterocycles. The van der Waals surface area contributed by atoms with E-state index >= 15 is 0 Å². The van der Waals surface area contributed by atoms with Crippen LogP contribution in [0.2, 0.25) is 0 Å². The summed E-state index contributed by atoms with van der Waals surface area (Å²) in [6.45, 7) is 9.14. The van der Waals surface area contributed by atoms with Crippen LogP contribution < -0.4 is 0 Å². The summed E-state index contributed by atoms with van der Waals surface area (Å²) in [4.78, 5) is 4.75. The first-order valence-electron chi connectivity index (χ1n) is 7.08. The van der Waals surface area contributed by atoms with Crippen LogP contribution in [0, 0.1) is 5.82 Å². The van der Waals surface area contributed by atoms with E-state index in [1.165, 1.54) is 6.07 Å². The van der Waals surface area contributed by atoms with Gasteiger partial charge in [-0.05, 0) is 25.6 Å². The maximum Gasteiger partial charge on any atom is 0.165 e. The van der Waals surface area contributed by atoms with Crippen LogP contribution in [0.5, 0.6) is 5.75 Å². The lowest BCUT2D eigenvalue weighted by Crippen LogP contribution is -2.37. The molecule has 2 rings (SSSR count). The van der Waals surface area contributed by atoms with Gasteiger partial charge in [0.25, 0.3) is 0 Å². The molecule has 19 heavy (non-hydrogen) atoms. The minimum atomic E-state index is -0.531. The van der Waals surface area contributed by atoms with E-state index in [1.54, 1.807) is 12.1 Å². The first-order chi connectivity index (χ1) is 9.15. The number of hydrogen-bond donors (Lipinski definition) is 1. The second-order valence-corrected chi connectivity index (χ2v) is 5.15. The second kappa shape index (κ2) is 6.35. The molecular formula is C15H23FN2O. The molecule has 4 heteroatoms. The van der Waals surface area contributed by atoms with Crippen LogP contribution >= 0.6 is 0 Å². The number of phenols is 1. The van der Waals surface area contributed by atoms with Gasteiger partial charge >= 0.3 is 0 Å². The molecular weight excluding hydrogens is 243 g/mol. The molecule has 106 valence electrons. The van der Waals surface area contributed by atoms with Crippen LogP contribution in [0.25, 0.3) is 0 Å². The predicted octanol–water partition coefficient (Wildman–Crippen LogP) is 2.45. The van der Waals surface area contributed by atoms with Crippen molar-refractivity contribution in [3.8, 4) is 5.75 Å². The first-order valence-corrected chi connectivity index (χ1v) is 7.08. The zero-order valence-electron chi connectivity index (χ0n) is 11.8. The Kier molecular flexibility index (Phi) is 4.77. The summed E-state index contributed by atoms with van der Waals surface area (Å²) in [5, 5.41) is 9.71. The number of aromatic hydroxyl groups is 1. The average Bonchev–Trinajstić information content (AvgIpc) is 2.85. The smallest absolute Gasteiger partial charge is 0.165 e. The Morgan fingerprint density at radius 3 is 2.79 bits per heavy atom. The summed E-state index contributed by atoms with van der Waals surface area (Å²) in [6.07, 6.45) is 1.15. The van der Waals surface area contributed by atoms with Gasteiger partial charge in [0.1, 0.15) is 0 Å². The van der Waals surface area contributed by atoms with Crippen LogP contribution in [0.15, 0.2) is 18.2 Å². The molecule has 1 aliphatic heterocycles. The lowest BCUT2D eigenvalue weighted by Gasteiger charge is -2.26. The number of phenolic OH excluding ortho intramolecular Hbond substituents is 1. The van der Waals surface area contributed by atoms with Crippen molar-refractivity contribution >= 4 is 0 Å². The summed E-state index contributed by atoms with van der Waals surface area (Å²) in [5.41, 5.74) is 0.681. The third-order valence-corrected chi connectivity index (χ3v) is 4.04. The highest BCUT2D eigenvalue weighted by Gasteiger charge is 2.26. The van der Waals surface area contributed by atoms with Crippen molar-refractivity contribution in [2.75, 3.05) is 26.2 Å². The van der Waals surface area contributed by atoms with Crippen molar-refractivity contribution in [2.45, 2.75) is 32.9 Å². The fraction of sp³-hybridized carbons (Fsp3) is 0.600. The van der Waals surface area contributed by atoms with Crippen molar-refractivity contribution in [1.29, 1.82) is 0 Å². The number of likely N-dealkylation sites (N-methyl/N-ethyl adjacent to an activating group) is 1. The van der Waals surface area contributed by atoms with Gasteiger partial charge in [0.05, 0.1) is 0 Å². The molecule has 1 unspecified atom stereocenters. The van der Waals surface area contributed by atoms with Crippen molar-refractivity contribution in [2.24, 2.45) is 0 Å². The summed E-state index contributed by atoms with van der Waals surface area (Å²) < 4.78 is 13.3. The van der Waals surface area contributed by atoms with Gasteiger partial charge in [0, 0.05) is 31.2 Å². The molecule has 1 saturated heterocycles. The maximum atomic E-state index is 13.3. The van der Waals surface area contributed by atoms with Crippen molar-refractivity contribution < 1.29 is 9.50 Å². The van der Waals surface area contributed by atoms with Crippen molar-refractivity contribution in [1.82, 2.24) is 9.80 Å². The van der Waals surface area contributed by atoms with E-state index in [-0.39, 0.29) is 5.75 Å². The Morgan fingerprint density at radius 1 is 1.37 bits per heavy atom. The minimum Gasteiger partial charge on any atom is -0.505 e. The molecule has 1 aromatic rings. The largest absolute Gasteiger partial charge is 0.505 e. The minimum absolute atomic E-state index is 0.200. The van der Waals surface area contributed by atoms with E-state index in [1.807, 2.05) is 0 Å². The summed E-state index contributed by atoms with van der Waals surface area (Å²) in [6, 6.07) is 5.33. The van der Waals surface area contributed by atoms with Crippen LogP contribution in [-0.2, 0) is 6.54 Å². The highest BCUT2D eigenvalue weighted by Crippen LogP contribution is 2.24. The molecule has 1 atom stereocenters. The first kappa shape index (κ1) is 14.3. The molecule has 0 saturated carbocycles. The maximum absolute atomic E-state index is 13.3. The topological polar surface area (TPSA) is 26.7 Å². The molecule has 1 aliphatic rings. The molecule has 1 N–H and O–H groups in total. The normalized spacial score (nSPS) is 20.3. The van der Waals surface area contributed by atoms with Crippen LogP contribution in [-0.4, -0.2) is 47.1 Å². The van der Waals surface area contributed by atoms with E-state index in [4.69, 9.17) is 0 Å². The Hall–Kier alpha value is -1.13. The molecule has 1 aromatic carbocycles. The van der Waals surface area contributed by atoms with E-state index in [0.717, 1.165) is 32.6 Å². The van der Waals surface area contributed by atoms with Gasteiger partial charge in [0.15, 0.2) is 11.6 Å². The van der Waals surface area contributed by atoms with Crippen LogP contribution in [0.1, 0.15) is 25.8 Å². The zero-order valence-corrected chi connectivity index (χ0v) is 11.8. The van der Waals surface area contributed by atoms with E-state index in [2.05, 4.69) is 23.6 Å². The molecule has 3 nitrogen and oxygen atoms in total. The molecule has 0 spiro atoms. The number of benzene rings is 1. The molecule has 0 bridgehead atoms. The van der Waals surface area contributed by atoms with E-state index in [9.17, 15) is 9.50 Å². The quantitative estimate of drug-likeness (QED) is 0.887. The summed E-state index contributed by atoms with van der Waals surface area (Å²) in [7, 11) is 0. The van der Waals surface area contributed by atoms with E-state index < -0.39 is 5.82 Å². The fourth-order valence-corrected chi connectivity index (χ4v) is 2.92. The number of likely N-dealkylation sites (tertiary alicyclic amines) is 1. The summed E-state index contributed by atoms with van der Waals surface area (Å²) >= 11 is 0. The van der Waals surface area contributed by atoms with Crippen LogP contribution in [0.4, 0.5) is 4.39 Å². The Balaban J connectivity index is 1.97. The fourth-order valence-electron chi connectivity index (χ4n) is 2.92. The molecule has 0 amide bonds. The third-order valence-electron chi connectivity index (χ3n) is 4.04. The zero-order chi connectivity index (χ0) is 13.8. The van der Waals surface area contributed by atoms with Gasteiger partial charge in [-0.15, -0.1) is 0 Å². The SMILES string of the molecule is CCN(CC)C1CCN(Cc2cccc(F)c2O)C1. The molecule has 0 radical (unpaired) electrons. The molecule has 0 aromatic heterocycles. The number of rotatable bonds is 5. The highest BCUT2D eigenvalue weighted by atomic mass is 19.1. The van der Waals surface area contributed by atoms with Gasteiger partial charge in [-0.25, -0.2) is 4.39 Å². The van der Waals surface area contributed by atoms with Gasteiger partial charge in [-0.3, -0.25) is 9.80 Å². The van der Waals surface area contributed by atoms with Gasteiger partial charge in [0.2, 0.25) is 0 Å². The number of halogens is 1. The van der Waals surface area contributed by atoms with Gasteiger partial charge in [-0.2, -0.15) is 0 Å². The second-order valence-electron chi connectivity index (χ2n) is 5.15. The monoisotopic (exact) mass is 266 g/mol. The third kappa shape index (κ3) is 3.25. The molecule has 1 fully saturated rings. The van der Waals surface area contributed by atoms with E-state index in [0.29, 0.717) is 18.2 Å². The standard InChI is InChI=1S/C15H23FN2O/c1-3-18(4-2)13-8-9-17(11-13)10-12-6-5-7-14(16)15(12)19/h5-7,13,19H,3-4,8-11H2,1-2H3. The van der Waals surface area contributed by atoms with Gasteiger partial charge in [-0.1, -0.05) is 26.0 Å². The lowest BCUT2D eigenvalue weighted by atomic mass is 10.2. The Morgan fingerprint density at radius 2 is 2.11 bits per heavy atom. The highest BCUT2D eigenvalue weighted by molar-refractivity contribution is 5.33. The summed E-state index contributed by atoms with van der Waals surface area (Å²) in [5.74, 6) is -0.731. The predicted molar refractivity (Wildman–Crippen MR) is 74.7 cm³/mol. The number of hydrogen-bond acceptors (Lipinski definition) is 3. The Bertz CT molecular complexity index is 421. The average molecular weight is 266 g/mol. The number of nitrogens with zero attached hydrogens (tertiary/aromatic N) is 2. The van der Waals surface area contributed by atoms with Crippen molar-refractivity contribution in [3.63, 3.8) is 0 Å². The van der Waals surface area contributed by atoms with Crippen molar-refractivity contribution in [3.05, 3.63) is 29.6 Å². The molecule has 0 aliphatic carbocycles. The number of para-hydroxylation sites is 1. The lowest BCUT2D eigenvalue weighted by molar-refractivity contribution is 0.208. The Labute approximate surface area is 114 Å². The van der Waals surface area contributed by atoms with Gasteiger partial charge < -0.3 is 5.11 Å². The van der Waals surface area contributed by atoms with Crippen LogP contribution in [0.3, 0.4) is 0 Å².